The minimum Gasteiger partial charge on any atom is -0.258 e. The highest BCUT2D eigenvalue weighted by molar-refractivity contribution is 7.17. The Kier molecular flexibility index (Phi) is 3.19. The fourth-order valence-corrected chi connectivity index (χ4v) is 3.63. The number of aromatic nitrogens is 2. The van der Waals surface area contributed by atoms with Crippen LogP contribution in [0.2, 0.25) is 0 Å². The van der Waals surface area contributed by atoms with E-state index in [1.54, 1.807) is 15.9 Å². The molecule has 3 aromatic rings. The van der Waals surface area contributed by atoms with Gasteiger partial charge in [-0.2, -0.15) is 4.98 Å². The van der Waals surface area contributed by atoms with Crippen LogP contribution in [0.5, 0.6) is 0 Å². The van der Waals surface area contributed by atoms with Crippen molar-refractivity contribution in [2.45, 2.75) is 0 Å². The van der Waals surface area contributed by atoms with Gasteiger partial charge in [0.25, 0.3) is 5.69 Å². The Balaban J connectivity index is 2.09. The lowest BCUT2D eigenvalue weighted by Crippen LogP contribution is -2.01. The number of fused-ring (bicyclic) bond motifs is 1. The minimum atomic E-state index is -0.797. The third-order valence-corrected chi connectivity index (χ3v) is 4.40. The molecule has 0 aliphatic carbocycles. The van der Waals surface area contributed by atoms with Crippen LogP contribution in [0.1, 0.15) is 0 Å². The molecule has 1 aromatic carbocycles. The van der Waals surface area contributed by atoms with E-state index in [0.717, 1.165) is 22.8 Å². The molecule has 106 valence electrons. The Labute approximate surface area is 123 Å². The summed E-state index contributed by atoms with van der Waals surface area (Å²) >= 11 is 2.35. The molecule has 21 heavy (non-hydrogen) atoms. The molecule has 0 aliphatic rings. The molecule has 9 nitrogen and oxygen atoms in total. The first-order chi connectivity index (χ1) is 10.0. The quantitative estimate of drug-likeness (QED) is 0.540. The van der Waals surface area contributed by atoms with E-state index in [4.69, 9.17) is 0 Å². The van der Waals surface area contributed by atoms with Gasteiger partial charge in [-0.1, -0.05) is 0 Å². The second-order valence-electron chi connectivity index (χ2n) is 3.83. The number of thiazole rings is 1. The number of hydrogen-bond acceptors (Lipinski definition) is 7. The van der Waals surface area contributed by atoms with Crippen molar-refractivity contribution >= 4 is 33.5 Å². The molecule has 0 spiro atoms. The van der Waals surface area contributed by atoms with E-state index in [1.165, 1.54) is 23.5 Å². The molecule has 3 rings (SSSR count). The molecule has 0 N–H and O–H groups in total. The van der Waals surface area contributed by atoms with E-state index in [9.17, 15) is 20.2 Å². The van der Waals surface area contributed by atoms with Crippen LogP contribution in [0.25, 0.3) is 16.2 Å². The number of nitro benzene ring substituents is 1. The van der Waals surface area contributed by atoms with Gasteiger partial charge in [-0.15, -0.1) is 11.3 Å². The van der Waals surface area contributed by atoms with Crippen molar-refractivity contribution in [2.24, 2.45) is 5.10 Å². The summed E-state index contributed by atoms with van der Waals surface area (Å²) in [7, 11) is 0. The first-order valence-electron chi connectivity index (χ1n) is 5.46. The zero-order chi connectivity index (χ0) is 15.0. The molecule has 0 aliphatic heterocycles. The number of benzene rings is 1. The van der Waals surface area contributed by atoms with Crippen LogP contribution in [0.3, 0.4) is 0 Å². The second-order valence-corrected chi connectivity index (χ2v) is 5.57. The molecule has 0 radical (unpaired) electrons. The topological polar surface area (TPSA) is 116 Å². The SMILES string of the molecule is O=[N+]([O-])/N=c1\nc2scc(-c3ccc([N+](=O)[O-])cc3)n2s1. The van der Waals surface area contributed by atoms with Crippen molar-refractivity contribution < 1.29 is 9.96 Å². The predicted octanol–water partition coefficient (Wildman–Crippen LogP) is 2.12. The van der Waals surface area contributed by atoms with Gasteiger partial charge in [0.15, 0.2) is 5.03 Å². The number of nitro groups is 2. The number of non-ortho nitro benzene ring substituents is 1. The minimum absolute atomic E-state index is 0.00330. The average Bonchev–Trinajstić information content (AvgIpc) is 2.97. The van der Waals surface area contributed by atoms with E-state index >= 15 is 0 Å². The monoisotopic (exact) mass is 323 g/mol. The summed E-state index contributed by atoms with van der Waals surface area (Å²) in [5, 5.41) is 25.2. The van der Waals surface area contributed by atoms with E-state index in [-0.39, 0.29) is 10.5 Å². The molecule has 0 bridgehead atoms. The Morgan fingerprint density at radius 1 is 1.19 bits per heavy atom. The van der Waals surface area contributed by atoms with Crippen molar-refractivity contribution in [3.05, 3.63) is 54.7 Å². The highest BCUT2D eigenvalue weighted by Crippen LogP contribution is 2.27. The summed E-state index contributed by atoms with van der Waals surface area (Å²) in [5.41, 5.74) is 1.52. The third kappa shape index (κ3) is 2.51. The van der Waals surface area contributed by atoms with Gasteiger partial charge in [-0.3, -0.25) is 10.1 Å². The standard InChI is InChI=1S/C10H5N5O4S2/c16-14(17)7-3-1-6(2-4-7)8-5-20-10-11-9(12-15(18)19)21-13(8)10/h1-5H/b12-9+. The molecule has 0 unspecified atom stereocenters. The largest absolute Gasteiger partial charge is 0.300 e. The molecule has 2 aromatic heterocycles. The Hall–Kier alpha value is -2.66. The zero-order valence-corrected chi connectivity index (χ0v) is 11.7. The maximum absolute atomic E-state index is 10.6. The van der Waals surface area contributed by atoms with Gasteiger partial charge in [0.05, 0.1) is 15.7 Å². The van der Waals surface area contributed by atoms with Crippen molar-refractivity contribution in [3.8, 4) is 11.3 Å². The predicted molar refractivity (Wildman–Crippen MR) is 75.6 cm³/mol. The lowest BCUT2D eigenvalue weighted by atomic mass is 10.1. The molecule has 0 amide bonds. The van der Waals surface area contributed by atoms with Crippen molar-refractivity contribution in [2.75, 3.05) is 0 Å². The van der Waals surface area contributed by atoms with Gasteiger partial charge in [-0.25, -0.2) is 13.9 Å². The summed E-state index contributed by atoms with van der Waals surface area (Å²) < 4.78 is 1.70. The summed E-state index contributed by atoms with van der Waals surface area (Å²) in [5.74, 6) is 0. The molecule has 11 heteroatoms. The summed E-state index contributed by atoms with van der Waals surface area (Å²) in [6.45, 7) is 0. The highest BCUT2D eigenvalue weighted by atomic mass is 32.1. The van der Waals surface area contributed by atoms with E-state index in [1.807, 2.05) is 5.38 Å². The van der Waals surface area contributed by atoms with Gasteiger partial charge in [0.2, 0.25) is 4.96 Å². The van der Waals surface area contributed by atoms with Crippen LogP contribution in [0, 0.1) is 20.2 Å². The lowest BCUT2D eigenvalue weighted by molar-refractivity contribution is -0.490. The van der Waals surface area contributed by atoms with Crippen LogP contribution in [-0.4, -0.2) is 18.7 Å². The molecule has 2 heterocycles. The van der Waals surface area contributed by atoms with Crippen LogP contribution < -0.4 is 4.80 Å². The fraction of sp³-hybridized carbons (Fsp3) is 0. The van der Waals surface area contributed by atoms with Crippen molar-refractivity contribution in [3.63, 3.8) is 0 Å². The normalized spacial score (nSPS) is 11.9. The zero-order valence-electron chi connectivity index (χ0n) is 10.1. The van der Waals surface area contributed by atoms with Crippen LogP contribution in [-0.2, 0) is 0 Å². The molecule has 0 fully saturated rings. The molecular formula is C10H5N5O4S2. The summed E-state index contributed by atoms with van der Waals surface area (Å²) in [6.07, 6.45) is 0. The fourth-order valence-electron chi connectivity index (χ4n) is 1.70. The van der Waals surface area contributed by atoms with Crippen molar-refractivity contribution in [1.82, 2.24) is 8.77 Å². The first-order valence-corrected chi connectivity index (χ1v) is 7.11. The first kappa shape index (κ1) is 13.3. The summed E-state index contributed by atoms with van der Waals surface area (Å²) in [4.78, 5) is 25.2. The third-order valence-electron chi connectivity index (χ3n) is 2.57. The van der Waals surface area contributed by atoms with Gasteiger partial charge >= 0.3 is 4.80 Å². The lowest BCUT2D eigenvalue weighted by Gasteiger charge is -1.98. The van der Waals surface area contributed by atoms with E-state index in [0.29, 0.717) is 4.96 Å². The van der Waals surface area contributed by atoms with Crippen LogP contribution in [0.4, 0.5) is 5.69 Å². The van der Waals surface area contributed by atoms with Crippen molar-refractivity contribution in [1.29, 1.82) is 0 Å². The molecule has 0 saturated carbocycles. The highest BCUT2D eigenvalue weighted by Gasteiger charge is 2.12. The Morgan fingerprint density at radius 3 is 2.52 bits per heavy atom. The molecular weight excluding hydrogens is 318 g/mol. The maximum Gasteiger partial charge on any atom is 0.300 e. The van der Waals surface area contributed by atoms with Gasteiger partial charge in [-0.05, 0) is 23.7 Å². The van der Waals surface area contributed by atoms with E-state index in [2.05, 4.69) is 10.1 Å². The number of hydrogen-bond donors (Lipinski definition) is 0. The van der Waals surface area contributed by atoms with Crippen LogP contribution in [0.15, 0.2) is 34.7 Å². The molecule has 0 saturated heterocycles. The van der Waals surface area contributed by atoms with Gasteiger partial charge in [0.1, 0.15) is 0 Å². The van der Waals surface area contributed by atoms with Crippen LogP contribution >= 0.6 is 22.9 Å². The second kappa shape index (κ2) is 5.03. The number of nitrogens with zero attached hydrogens (tertiary/aromatic N) is 5. The Bertz CT molecular complexity index is 908. The maximum atomic E-state index is 10.6. The van der Waals surface area contributed by atoms with Gasteiger partial charge < -0.3 is 0 Å². The summed E-state index contributed by atoms with van der Waals surface area (Å²) in [6, 6.07) is 6.05. The Morgan fingerprint density at radius 2 is 1.90 bits per heavy atom. The number of rotatable bonds is 3. The average molecular weight is 323 g/mol. The smallest absolute Gasteiger partial charge is 0.258 e. The molecule has 0 atom stereocenters. The van der Waals surface area contributed by atoms with E-state index < -0.39 is 9.96 Å². The van der Waals surface area contributed by atoms with Gasteiger partial charge in [0, 0.05) is 23.1 Å².